The van der Waals surface area contributed by atoms with E-state index in [1.807, 2.05) is 0 Å². The maximum atomic E-state index is 11.9. The number of nitrogen functional groups attached to an aromatic ring is 1. The molecule has 120 valence electrons. The number of sulfonamides is 1. The SMILES string of the molecule is CN(C)S(=O)(=O)c1ccc(NCCCS(C)(=O)=O)c(N)c1. The van der Waals surface area contributed by atoms with Gasteiger partial charge in [-0.2, -0.15) is 0 Å². The molecule has 9 heteroatoms. The molecule has 0 aromatic heterocycles. The first-order valence-electron chi connectivity index (χ1n) is 6.27. The van der Waals surface area contributed by atoms with Crippen LogP contribution < -0.4 is 11.1 Å². The molecule has 0 spiro atoms. The maximum absolute atomic E-state index is 11.9. The molecular weight excluding hydrogens is 314 g/mol. The summed E-state index contributed by atoms with van der Waals surface area (Å²) < 4.78 is 47.0. The van der Waals surface area contributed by atoms with E-state index in [0.717, 1.165) is 4.31 Å². The van der Waals surface area contributed by atoms with E-state index in [-0.39, 0.29) is 10.6 Å². The van der Waals surface area contributed by atoms with Crippen molar-refractivity contribution in [1.82, 2.24) is 4.31 Å². The van der Waals surface area contributed by atoms with Crippen molar-refractivity contribution in [3.8, 4) is 0 Å². The average Bonchev–Trinajstić information content (AvgIpc) is 2.34. The third kappa shape index (κ3) is 5.18. The molecule has 0 atom stereocenters. The van der Waals surface area contributed by atoms with E-state index in [1.54, 1.807) is 6.07 Å². The van der Waals surface area contributed by atoms with Crippen LogP contribution in [0.2, 0.25) is 0 Å². The highest BCUT2D eigenvalue weighted by Crippen LogP contribution is 2.23. The second kappa shape index (κ2) is 6.63. The zero-order valence-corrected chi connectivity index (χ0v) is 14.0. The van der Waals surface area contributed by atoms with Crippen LogP contribution in [0.25, 0.3) is 0 Å². The third-order valence-electron chi connectivity index (χ3n) is 2.81. The highest BCUT2D eigenvalue weighted by Gasteiger charge is 2.18. The smallest absolute Gasteiger partial charge is 0.242 e. The Bertz CT molecular complexity index is 697. The molecule has 0 amide bonds. The molecule has 3 N–H and O–H groups in total. The molecule has 1 aromatic carbocycles. The van der Waals surface area contributed by atoms with Crippen LogP contribution >= 0.6 is 0 Å². The van der Waals surface area contributed by atoms with Crippen LogP contribution in [0.5, 0.6) is 0 Å². The number of rotatable bonds is 7. The Morgan fingerprint density at radius 3 is 2.29 bits per heavy atom. The monoisotopic (exact) mass is 335 g/mol. The predicted molar refractivity (Wildman–Crippen MR) is 84.5 cm³/mol. The Hall–Kier alpha value is -1.32. The summed E-state index contributed by atoms with van der Waals surface area (Å²) in [5.41, 5.74) is 6.71. The Labute approximate surface area is 126 Å². The van der Waals surface area contributed by atoms with Gasteiger partial charge in [0.15, 0.2) is 0 Å². The first-order chi connectivity index (χ1) is 9.54. The minimum Gasteiger partial charge on any atom is -0.397 e. The normalized spacial score (nSPS) is 12.6. The van der Waals surface area contributed by atoms with Crippen LogP contribution in [0.4, 0.5) is 11.4 Å². The standard InChI is InChI=1S/C12H21N3O4S2/c1-15(2)21(18,19)10-5-6-12(11(13)9-10)14-7-4-8-20(3,16)17/h5-6,9,14H,4,7-8,13H2,1-3H3. The lowest BCUT2D eigenvalue weighted by Gasteiger charge is -2.14. The highest BCUT2D eigenvalue weighted by molar-refractivity contribution is 7.90. The second-order valence-electron chi connectivity index (χ2n) is 4.95. The molecule has 0 radical (unpaired) electrons. The van der Waals surface area contributed by atoms with E-state index in [2.05, 4.69) is 5.32 Å². The van der Waals surface area contributed by atoms with E-state index in [1.165, 1.54) is 32.5 Å². The molecule has 21 heavy (non-hydrogen) atoms. The lowest BCUT2D eigenvalue weighted by molar-refractivity contribution is 0.521. The second-order valence-corrected chi connectivity index (χ2v) is 9.36. The van der Waals surface area contributed by atoms with Crippen LogP contribution in [-0.2, 0) is 19.9 Å². The third-order valence-corrected chi connectivity index (χ3v) is 5.65. The van der Waals surface area contributed by atoms with E-state index in [9.17, 15) is 16.8 Å². The molecule has 0 unspecified atom stereocenters. The van der Waals surface area contributed by atoms with Gasteiger partial charge in [-0.3, -0.25) is 0 Å². The summed E-state index contributed by atoms with van der Waals surface area (Å²) in [6.45, 7) is 0.442. The fourth-order valence-corrected chi connectivity index (χ4v) is 3.24. The summed E-state index contributed by atoms with van der Waals surface area (Å²) in [4.78, 5) is 0.117. The summed E-state index contributed by atoms with van der Waals surface area (Å²) >= 11 is 0. The molecule has 0 fully saturated rings. The zero-order valence-electron chi connectivity index (χ0n) is 12.3. The molecule has 1 rings (SSSR count). The van der Waals surface area contributed by atoms with E-state index in [0.29, 0.717) is 24.3 Å². The van der Waals surface area contributed by atoms with Crippen molar-refractivity contribution in [2.75, 3.05) is 43.7 Å². The summed E-state index contributed by atoms with van der Waals surface area (Å²) in [5, 5.41) is 3.00. The molecule has 7 nitrogen and oxygen atoms in total. The van der Waals surface area contributed by atoms with Crippen molar-refractivity contribution in [2.24, 2.45) is 0 Å². The van der Waals surface area contributed by atoms with Crippen molar-refractivity contribution in [3.63, 3.8) is 0 Å². The molecule has 0 aliphatic heterocycles. The number of hydrogen-bond acceptors (Lipinski definition) is 6. The van der Waals surface area contributed by atoms with Crippen LogP contribution in [0.1, 0.15) is 6.42 Å². The molecular formula is C12H21N3O4S2. The van der Waals surface area contributed by atoms with E-state index >= 15 is 0 Å². The Morgan fingerprint density at radius 1 is 1.19 bits per heavy atom. The summed E-state index contributed by atoms with van der Waals surface area (Å²) in [7, 11) is -3.60. The Balaban J connectivity index is 2.76. The molecule has 0 aliphatic rings. The van der Waals surface area contributed by atoms with Crippen LogP contribution in [0.15, 0.2) is 23.1 Å². The van der Waals surface area contributed by atoms with Gasteiger partial charge in [0, 0.05) is 26.9 Å². The largest absolute Gasteiger partial charge is 0.397 e. The van der Waals surface area contributed by atoms with Gasteiger partial charge in [-0.25, -0.2) is 21.1 Å². The lowest BCUT2D eigenvalue weighted by Crippen LogP contribution is -2.22. The van der Waals surface area contributed by atoms with Crippen LogP contribution in [-0.4, -0.2) is 53.8 Å². The van der Waals surface area contributed by atoms with Gasteiger partial charge in [0.05, 0.1) is 22.0 Å². The summed E-state index contributed by atoms with van der Waals surface area (Å²) in [6, 6.07) is 4.42. The molecule has 0 bridgehead atoms. The van der Waals surface area contributed by atoms with Gasteiger partial charge in [0.25, 0.3) is 0 Å². The van der Waals surface area contributed by atoms with Gasteiger partial charge in [-0.05, 0) is 24.6 Å². The fourth-order valence-electron chi connectivity index (χ4n) is 1.63. The minimum absolute atomic E-state index is 0.0903. The topological polar surface area (TPSA) is 110 Å². The van der Waals surface area contributed by atoms with E-state index < -0.39 is 19.9 Å². The number of sulfone groups is 1. The van der Waals surface area contributed by atoms with Crippen molar-refractivity contribution in [2.45, 2.75) is 11.3 Å². The molecule has 0 heterocycles. The number of hydrogen-bond donors (Lipinski definition) is 2. The first kappa shape index (κ1) is 17.7. The van der Waals surface area contributed by atoms with E-state index in [4.69, 9.17) is 5.73 Å². The fraction of sp³-hybridized carbons (Fsp3) is 0.500. The number of anilines is 2. The van der Waals surface area contributed by atoms with Crippen molar-refractivity contribution < 1.29 is 16.8 Å². The number of benzene rings is 1. The molecule has 0 saturated heterocycles. The van der Waals surface area contributed by atoms with Crippen molar-refractivity contribution >= 4 is 31.2 Å². The van der Waals surface area contributed by atoms with Gasteiger partial charge < -0.3 is 11.1 Å². The lowest BCUT2D eigenvalue weighted by atomic mass is 10.2. The highest BCUT2D eigenvalue weighted by atomic mass is 32.2. The van der Waals surface area contributed by atoms with Gasteiger partial charge in [0.1, 0.15) is 9.84 Å². The Morgan fingerprint density at radius 2 is 1.81 bits per heavy atom. The Kier molecular flexibility index (Phi) is 5.60. The van der Waals surface area contributed by atoms with Crippen molar-refractivity contribution in [3.05, 3.63) is 18.2 Å². The quantitative estimate of drug-likeness (QED) is 0.550. The summed E-state index contributed by atoms with van der Waals surface area (Å²) in [5.74, 6) is 0.0903. The number of nitrogens with two attached hydrogens (primary N) is 1. The summed E-state index contributed by atoms with van der Waals surface area (Å²) in [6.07, 6.45) is 1.64. The molecule has 0 aliphatic carbocycles. The van der Waals surface area contributed by atoms with Crippen LogP contribution in [0.3, 0.4) is 0 Å². The number of nitrogens with zero attached hydrogens (tertiary/aromatic N) is 1. The molecule has 0 saturated carbocycles. The van der Waals surface area contributed by atoms with Gasteiger partial charge in [0.2, 0.25) is 10.0 Å². The van der Waals surface area contributed by atoms with Gasteiger partial charge in [-0.15, -0.1) is 0 Å². The molecule has 1 aromatic rings. The first-order valence-corrected chi connectivity index (χ1v) is 9.78. The predicted octanol–water partition coefficient (Wildman–Crippen LogP) is 0.366. The zero-order chi connectivity index (χ0) is 16.3. The van der Waals surface area contributed by atoms with Crippen LogP contribution in [0, 0.1) is 0 Å². The van der Waals surface area contributed by atoms with Gasteiger partial charge in [-0.1, -0.05) is 0 Å². The average molecular weight is 335 g/mol. The maximum Gasteiger partial charge on any atom is 0.242 e. The number of nitrogens with one attached hydrogen (secondary N) is 1. The van der Waals surface area contributed by atoms with Gasteiger partial charge >= 0.3 is 0 Å². The van der Waals surface area contributed by atoms with Crippen molar-refractivity contribution in [1.29, 1.82) is 0 Å². The minimum atomic E-state index is -3.51.